The number of hydrogen-bond acceptors (Lipinski definition) is 2. The van der Waals surface area contributed by atoms with Crippen molar-refractivity contribution in [2.75, 3.05) is 10.8 Å². The number of rotatable bonds is 4. The van der Waals surface area contributed by atoms with Gasteiger partial charge in [-0.2, -0.15) is 0 Å². The van der Waals surface area contributed by atoms with E-state index >= 15 is 0 Å². The summed E-state index contributed by atoms with van der Waals surface area (Å²) in [5.41, 5.74) is 0.771. The minimum atomic E-state index is -3.90. The van der Waals surface area contributed by atoms with E-state index in [9.17, 15) is 17.2 Å². The van der Waals surface area contributed by atoms with Crippen LogP contribution in [0.5, 0.6) is 0 Å². The predicted octanol–water partition coefficient (Wildman–Crippen LogP) is 2.66. The number of halogens is 2. The second kappa shape index (κ2) is 6.48. The molecule has 0 amide bonds. The van der Waals surface area contributed by atoms with E-state index in [0.29, 0.717) is 0 Å². The molecule has 0 spiro atoms. The van der Waals surface area contributed by atoms with Gasteiger partial charge in [-0.15, -0.1) is 0 Å². The Labute approximate surface area is 140 Å². The van der Waals surface area contributed by atoms with Gasteiger partial charge in [0.05, 0.1) is 0 Å². The van der Waals surface area contributed by atoms with Crippen LogP contribution in [0.15, 0.2) is 41.3 Å². The van der Waals surface area contributed by atoms with Crippen molar-refractivity contribution in [1.82, 2.24) is 0 Å². The van der Waals surface area contributed by atoms with Gasteiger partial charge in [0.2, 0.25) is 0 Å². The molecule has 22 heavy (non-hydrogen) atoms. The van der Waals surface area contributed by atoms with Crippen molar-refractivity contribution in [2.45, 2.75) is 18.7 Å². The van der Waals surface area contributed by atoms with E-state index in [1.54, 1.807) is 19.1 Å². The topological polar surface area (TPSA) is 37.4 Å². The third-order valence-electron chi connectivity index (χ3n) is 3.24. The molecule has 2 aromatic rings. The Balaban J connectivity index is 2.57. The first-order chi connectivity index (χ1) is 10.3. The molecule has 0 heterocycles. The van der Waals surface area contributed by atoms with Crippen LogP contribution < -0.4 is 8.17 Å². The first-order valence-corrected chi connectivity index (χ1v) is 8.80. The number of hydrogen-bond donors (Lipinski definition) is 0. The molecule has 2 aromatic carbocycles. The Morgan fingerprint density at radius 1 is 1.09 bits per heavy atom. The Morgan fingerprint density at radius 2 is 1.68 bits per heavy atom. The van der Waals surface area contributed by atoms with E-state index in [1.165, 1.54) is 32.6 Å². The van der Waals surface area contributed by atoms with Crippen LogP contribution in [0, 0.1) is 18.6 Å². The van der Waals surface area contributed by atoms with Crippen LogP contribution in [-0.4, -0.2) is 15.0 Å². The molecule has 0 aliphatic heterocycles. The van der Waals surface area contributed by atoms with Gasteiger partial charge in [-0.1, -0.05) is 0 Å². The third kappa shape index (κ3) is 3.09. The molecule has 0 aromatic heterocycles. The quantitative estimate of drug-likeness (QED) is 0.789. The summed E-state index contributed by atoms with van der Waals surface area (Å²) >= 11 is 1.28. The Bertz CT molecular complexity index is 792. The second-order valence-electron chi connectivity index (χ2n) is 4.74. The molecule has 0 bridgehead atoms. The molecule has 0 fully saturated rings. The maximum absolute atomic E-state index is 14.3. The van der Waals surface area contributed by atoms with Crippen LogP contribution in [0.4, 0.5) is 14.5 Å². The van der Waals surface area contributed by atoms with E-state index in [1.807, 2.05) is 6.92 Å². The van der Waals surface area contributed by atoms with Gasteiger partial charge in [0.1, 0.15) is 0 Å². The molecule has 115 valence electrons. The number of anilines is 1. The monoisotopic (exact) mass is 358 g/mol. The SMILES string of the molecule is CCN(c1ccc(F)[c]([Ti])c1F)S(=O)(=O)c1ccc(C)cc1. The molecule has 2 rings (SSSR count). The van der Waals surface area contributed by atoms with Crippen LogP contribution in [0.25, 0.3) is 0 Å². The number of aryl methyl sites for hydroxylation is 1. The van der Waals surface area contributed by atoms with Crippen molar-refractivity contribution in [2.24, 2.45) is 0 Å². The van der Waals surface area contributed by atoms with Crippen LogP contribution in [0.2, 0.25) is 0 Å². The van der Waals surface area contributed by atoms with Crippen molar-refractivity contribution >= 4 is 19.6 Å². The van der Waals surface area contributed by atoms with Gasteiger partial charge in [-0.3, -0.25) is 0 Å². The Hall–Kier alpha value is -1.24. The van der Waals surface area contributed by atoms with Gasteiger partial charge < -0.3 is 0 Å². The van der Waals surface area contributed by atoms with Gasteiger partial charge in [0, 0.05) is 0 Å². The molecule has 0 saturated heterocycles. The second-order valence-corrected chi connectivity index (χ2v) is 7.38. The van der Waals surface area contributed by atoms with Gasteiger partial charge in [-0.25, -0.2) is 0 Å². The minimum absolute atomic E-state index is 0.0399. The van der Waals surface area contributed by atoms with Gasteiger partial charge in [0.15, 0.2) is 0 Å². The summed E-state index contributed by atoms with van der Waals surface area (Å²) in [4.78, 5) is 0.0707. The molecule has 0 aliphatic carbocycles. The normalized spacial score (nSPS) is 11.4. The summed E-state index contributed by atoms with van der Waals surface area (Å²) < 4.78 is 53.8. The van der Waals surface area contributed by atoms with Crippen molar-refractivity contribution in [3.8, 4) is 0 Å². The molecule has 0 N–H and O–H groups in total. The average Bonchev–Trinajstić information content (AvgIpc) is 2.48. The van der Waals surface area contributed by atoms with E-state index in [0.717, 1.165) is 22.0 Å². The molecule has 0 unspecified atom stereocenters. The molecule has 0 radical (unpaired) electrons. The van der Waals surface area contributed by atoms with Gasteiger partial charge in [0.25, 0.3) is 0 Å². The zero-order valence-electron chi connectivity index (χ0n) is 12.1. The fraction of sp³-hybridized carbons (Fsp3) is 0.200. The first-order valence-electron chi connectivity index (χ1n) is 6.58. The zero-order valence-corrected chi connectivity index (χ0v) is 14.5. The molecule has 7 heteroatoms. The van der Waals surface area contributed by atoms with Gasteiger partial charge in [-0.05, 0) is 0 Å². The molecule has 0 atom stereocenters. The summed E-state index contributed by atoms with van der Waals surface area (Å²) in [7, 11) is -3.90. The fourth-order valence-corrected chi connectivity index (χ4v) is 3.85. The van der Waals surface area contributed by atoms with Crippen molar-refractivity contribution in [3.63, 3.8) is 0 Å². The zero-order chi connectivity index (χ0) is 16.5. The molecular formula is C15H14F2NO2STi. The number of sulfonamides is 1. The van der Waals surface area contributed by atoms with Crippen molar-refractivity contribution in [1.29, 1.82) is 0 Å². The Morgan fingerprint density at radius 3 is 2.23 bits per heavy atom. The van der Waals surface area contributed by atoms with E-state index in [-0.39, 0.29) is 21.0 Å². The first kappa shape index (κ1) is 17.1. The maximum atomic E-state index is 14.3. The van der Waals surface area contributed by atoms with Crippen LogP contribution >= 0.6 is 0 Å². The summed E-state index contributed by atoms with van der Waals surface area (Å²) in [6.45, 7) is 3.49. The van der Waals surface area contributed by atoms with Crippen LogP contribution in [0.3, 0.4) is 0 Å². The number of nitrogens with zero attached hydrogens (tertiary/aromatic N) is 1. The molecular weight excluding hydrogens is 344 g/mol. The third-order valence-corrected chi connectivity index (χ3v) is 5.85. The molecule has 3 nitrogen and oxygen atoms in total. The summed E-state index contributed by atoms with van der Waals surface area (Å²) in [6.07, 6.45) is 0. The van der Waals surface area contributed by atoms with E-state index < -0.39 is 21.7 Å². The summed E-state index contributed by atoms with van der Waals surface area (Å²) in [6, 6.07) is 8.51. The van der Waals surface area contributed by atoms with Crippen molar-refractivity contribution in [3.05, 3.63) is 53.6 Å². The number of benzene rings is 2. The van der Waals surface area contributed by atoms with Crippen molar-refractivity contribution < 1.29 is 37.6 Å². The summed E-state index contributed by atoms with van der Waals surface area (Å²) in [5, 5.41) is 0. The molecule has 0 aliphatic rings. The fourth-order valence-electron chi connectivity index (χ4n) is 2.04. The standard InChI is InChI=1S/C15H14F2NO2S.Ti/c1-3-18(15-9-6-12(16)10-14(15)17)21(19,20)13-7-4-11(2)5-8-13;/h4-9H,3H2,1-2H3;. The van der Waals surface area contributed by atoms with Gasteiger partial charge >= 0.3 is 140 Å². The Kier molecular flexibility index (Phi) is 5.05. The van der Waals surface area contributed by atoms with E-state index in [4.69, 9.17) is 0 Å². The summed E-state index contributed by atoms with van der Waals surface area (Å²) in [5.74, 6) is -1.57. The predicted molar refractivity (Wildman–Crippen MR) is 77.4 cm³/mol. The van der Waals surface area contributed by atoms with E-state index in [2.05, 4.69) is 0 Å². The van der Waals surface area contributed by atoms with Crippen LogP contribution in [-0.2, 0) is 30.5 Å². The molecule has 0 saturated carbocycles. The average molecular weight is 358 g/mol. The van der Waals surface area contributed by atoms with Crippen LogP contribution in [0.1, 0.15) is 12.5 Å².